The molecule has 0 fully saturated rings. The first-order chi connectivity index (χ1) is 8.69. The van der Waals surface area contributed by atoms with Crippen LogP contribution in [0, 0.1) is 0 Å². The molecule has 1 unspecified atom stereocenters. The second-order valence-electron chi connectivity index (χ2n) is 4.17. The van der Waals surface area contributed by atoms with Crippen molar-refractivity contribution in [3.05, 3.63) is 29.8 Å². The summed E-state index contributed by atoms with van der Waals surface area (Å²) in [7, 11) is 1.58. The lowest BCUT2D eigenvalue weighted by Crippen LogP contribution is -2.47. The van der Waals surface area contributed by atoms with E-state index in [1.807, 2.05) is 24.3 Å². The van der Waals surface area contributed by atoms with Crippen LogP contribution in [0.25, 0.3) is 0 Å². The third kappa shape index (κ3) is 2.20. The van der Waals surface area contributed by atoms with Gasteiger partial charge >= 0.3 is 0 Å². The van der Waals surface area contributed by atoms with Crippen molar-refractivity contribution >= 4 is 29.1 Å². The molecule has 96 valence electrons. The lowest BCUT2D eigenvalue weighted by Gasteiger charge is -2.24. The van der Waals surface area contributed by atoms with Crippen molar-refractivity contribution in [2.75, 3.05) is 17.8 Å². The molecule has 0 aliphatic carbocycles. The van der Waals surface area contributed by atoms with E-state index in [0.29, 0.717) is 6.42 Å². The largest absolute Gasteiger partial charge is 0.357 e. The Balaban J connectivity index is 2.35. The van der Waals surface area contributed by atoms with E-state index in [1.165, 1.54) is 0 Å². The van der Waals surface area contributed by atoms with Crippen LogP contribution >= 0.6 is 11.6 Å². The zero-order valence-corrected chi connectivity index (χ0v) is 10.9. The van der Waals surface area contributed by atoms with Gasteiger partial charge in [0, 0.05) is 31.5 Å². The number of para-hydroxylation sites is 1. The van der Waals surface area contributed by atoms with Crippen LogP contribution in [0.2, 0.25) is 0 Å². The number of amides is 2. The molecule has 1 heterocycles. The summed E-state index contributed by atoms with van der Waals surface area (Å²) in [6, 6.07) is 7.13. The summed E-state index contributed by atoms with van der Waals surface area (Å²) < 4.78 is 0. The van der Waals surface area contributed by atoms with Crippen molar-refractivity contribution in [1.82, 2.24) is 5.32 Å². The van der Waals surface area contributed by atoms with Crippen molar-refractivity contribution in [3.8, 4) is 0 Å². The molecule has 0 saturated carbocycles. The molecule has 1 N–H and O–H groups in total. The molecular weight excluding hydrogens is 252 g/mol. The Hall–Kier alpha value is -1.55. The number of fused-ring (bicyclic) bond motifs is 1. The minimum absolute atomic E-state index is 0.108. The standard InChI is InChI=1S/C13H15ClN2O2/c1-15-13(18)11-8-9-4-2-3-5-10(9)16(11)12(17)6-7-14/h2-5,11H,6-8H2,1H3,(H,15,18). The molecule has 18 heavy (non-hydrogen) atoms. The molecule has 5 heteroatoms. The summed E-state index contributed by atoms with van der Waals surface area (Å²) in [6.07, 6.45) is 0.799. The monoisotopic (exact) mass is 266 g/mol. The Morgan fingerprint density at radius 1 is 1.44 bits per heavy atom. The third-order valence-corrected chi connectivity index (χ3v) is 3.29. The van der Waals surface area contributed by atoms with E-state index in [4.69, 9.17) is 11.6 Å². The number of rotatable bonds is 3. The van der Waals surface area contributed by atoms with Gasteiger partial charge in [0.2, 0.25) is 11.8 Å². The molecule has 0 saturated heterocycles. The number of hydrogen-bond acceptors (Lipinski definition) is 2. The van der Waals surface area contributed by atoms with Crippen LogP contribution in [0.5, 0.6) is 0 Å². The Labute approximate surface area is 111 Å². The maximum Gasteiger partial charge on any atom is 0.243 e. The quantitative estimate of drug-likeness (QED) is 0.839. The molecule has 2 amide bonds. The molecule has 0 spiro atoms. The van der Waals surface area contributed by atoms with E-state index in [-0.39, 0.29) is 24.1 Å². The summed E-state index contributed by atoms with van der Waals surface area (Å²) in [6.45, 7) is 0. The van der Waals surface area contributed by atoms with E-state index in [9.17, 15) is 9.59 Å². The number of hydrogen-bond donors (Lipinski definition) is 1. The highest BCUT2D eigenvalue weighted by atomic mass is 35.5. The third-order valence-electron chi connectivity index (χ3n) is 3.10. The number of benzene rings is 1. The zero-order valence-electron chi connectivity index (χ0n) is 10.1. The fourth-order valence-corrected chi connectivity index (χ4v) is 2.43. The van der Waals surface area contributed by atoms with Crippen molar-refractivity contribution in [2.24, 2.45) is 0 Å². The van der Waals surface area contributed by atoms with Gasteiger partial charge in [-0.25, -0.2) is 0 Å². The van der Waals surface area contributed by atoms with Crippen molar-refractivity contribution < 1.29 is 9.59 Å². The average Bonchev–Trinajstić information content (AvgIpc) is 2.77. The van der Waals surface area contributed by atoms with Crippen LogP contribution in [0.3, 0.4) is 0 Å². The number of halogens is 1. The van der Waals surface area contributed by atoms with Gasteiger partial charge in [-0.3, -0.25) is 14.5 Å². The average molecular weight is 267 g/mol. The molecule has 0 radical (unpaired) electrons. The Morgan fingerprint density at radius 2 is 2.17 bits per heavy atom. The number of alkyl halides is 1. The molecule has 4 nitrogen and oxygen atoms in total. The number of nitrogens with one attached hydrogen (secondary N) is 1. The van der Waals surface area contributed by atoms with Crippen LogP contribution in [0.1, 0.15) is 12.0 Å². The summed E-state index contributed by atoms with van der Waals surface area (Å²) in [5.41, 5.74) is 1.84. The summed E-state index contributed by atoms with van der Waals surface area (Å²) >= 11 is 5.62. The van der Waals surface area contributed by atoms with Gasteiger partial charge in [0.1, 0.15) is 6.04 Å². The smallest absolute Gasteiger partial charge is 0.243 e. The topological polar surface area (TPSA) is 49.4 Å². The molecule has 2 rings (SSSR count). The van der Waals surface area contributed by atoms with Gasteiger partial charge in [0.05, 0.1) is 0 Å². The second-order valence-corrected chi connectivity index (χ2v) is 4.54. The Morgan fingerprint density at radius 3 is 2.83 bits per heavy atom. The second kappa shape index (κ2) is 5.40. The molecule has 0 aromatic heterocycles. The summed E-state index contributed by atoms with van der Waals surface area (Å²) in [5.74, 6) is 0.00971. The molecule has 1 aromatic carbocycles. The molecule has 0 bridgehead atoms. The van der Waals surface area contributed by atoms with Gasteiger partial charge < -0.3 is 5.32 Å². The highest BCUT2D eigenvalue weighted by molar-refractivity contribution is 6.19. The predicted octanol–water partition coefficient (Wildman–Crippen LogP) is 1.32. The highest BCUT2D eigenvalue weighted by Crippen LogP contribution is 2.32. The van der Waals surface area contributed by atoms with Gasteiger partial charge in [-0.15, -0.1) is 11.6 Å². The fourth-order valence-electron chi connectivity index (χ4n) is 2.27. The number of anilines is 1. The zero-order chi connectivity index (χ0) is 13.1. The van der Waals surface area contributed by atoms with Crippen LogP contribution in [-0.2, 0) is 16.0 Å². The van der Waals surface area contributed by atoms with Gasteiger partial charge in [-0.1, -0.05) is 18.2 Å². The van der Waals surface area contributed by atoms with Crippen LogP contribution in [0.4, 0.5) is 5.69 Å². The molecule has 1 aromatic rings. The predicted molar refractivity (Wildman–Crippen MR) is 70.8 cm³/mol. The van der Waals surface area contributed by atoms with E-state index in [1.54, 1.807) is 11.9 Å². The maximum atomic E-state index is 12.1. The Bertz CT molecular complexity index is 476. The fraction of sp³-hybridized carbons (Fsp3) is 0.385. The van der Waals surface area contributed by atoms with Crippen molar-refractivity contribution in [1.29, 1.82) is 0 Å². The van der Waals surface area contributed by atoms with Crippen LogP contribution in [-0.4, -0.2) is 30.8 Å². The van der Waals surface area contributed by atoms with Gasteiger partial charge in [-0.2, -0.15) is 0 Å². The van der Waals surface area contributed by atoms with E-state index < -0.39 is 6.04 Å². The number of likely N-dealkylation sites (N-methyl/N-ethyl adjacent to an activating group) is 1. The first kappa shape index (κ1) is 12.9. The van der Waals surface area contributed by atoms with Crippen LogP contribution in [0.15, 0.2) is 24.3 Å². The van der Waals surface area contributed by atoms with Crippen molar-refractivity contribution in [3.63, 3.8) is 0 Å². The minimum Gasteiger partial charge on any atom is -0.357 e. The number of nitrogens with zero attached hydrogens (tertiary/aromatic N) is 1. The lowest BCUT2D eigenvalue weighted by atomic mass is 10.1. The van der Waals surface area contributed by atoms with Crippen LogP contribution < -0.4 is 10.2 Å². The van der Waals surface area contributed by atoms with E-state index >= 15 is 0 Å². The summed E-state index contributed by atoms with van der Waals surface area (Å²) in [4.78, 5) is 25.5. The lowest BCUT2D eigenvalue weighted by molar-refractivity contribution is -0.125. The SMILES string of the molecule is CNC(=O)C1Cc2ccccc2N1C(=O)CCCl. The van der Waals surface area contributed by atoms with E-state index in [2.05, 4.69) is 5.32 Å². The number of carbonyl (C=O) groups is 2. The van der Waals surface area contributed by atoms with E-state index in [0.717, 1.165) is 11.3 Å². The molecule has 1 atom stereocenters. The van der Waals surface area contributed by atoms with Gasteiger partial charge in [-0.05, 0) is 11.6 Å². The van der Waals surface area contributed by atoms with Gasteiger partial charge in [0.25, 0.3) is 0 Å². The Kier molecular flexibility index (Phi) is 3.87. The van der Waals surface area contributed by atoms with Gasteiger partial charge in [0.15, 0.2) is 0 Å². The summed E-state index contributed by atoms with van der Waals surface area (Å²) in [5, 5.41) is 2.60. The highest BCUT2D eigenvalue weighted by Gasteiger charge is 2.37. The number of carbonyl (C=O) groups excluding carboxylic acids is 2. The maximum absolute atomic E-state index is 12.1. The van der Waals surface area contributed by atoms with Crippen molar-refractivity contribution in [2.45, 2.75) is 18.9 Å². The normalized spacial score (nSPS) is 17.4. The molecular formula is C13H15ClN2O2. The molecule has 1 aliphatic heterocycles. The minimum atomic E-state index is -0.455. The molecule has 1 aliphatic rings. The first-order valence-corrected chi connectivity index (χ1v) is 6.40. The first-order valence-electron chi connectivity index (χ1n) is 5.86.